The Kier molecular flexibility index (Phi) is 4.64. The first-order chi connectivity index (χ1) is 17.5. The molecule has 36 heavy (non-hydrogen) atoms. The minimum atomic E-state index is -0.338. The number of benzene rings is 1. The molecule has 0 saturated heterocycles. The van der Waals surface area contributed by atoms with Crippen LogP contribution in [0.2, 0.25) is 0 Å². The van der Waals surface area contributed by atoms with Crippen LogP contribution in [0.15, 0.2) is 54.0 Å². The zero-order valence-electron chi connectivity index (χ0n) is 19.5. The Hall–Kier alpha value is -3.59. The van der Waals surface area contributed by atoms with Gasteiger partial charge in [-0.1, -0.05) is 6.07 Å². The highest BCUT2D eigenvalue weighted by atomic mass is 32.1. The Balaban J connectivity index is 0.917. The van der Waals surface area contributed by atoms with E-state index in [1.165, 1.54) is 24.2 Å². The number of nitrogens with one attached hydrogen (secondary N) is 3. The van der Waals surface area contributed by atoms with Crippen LogP contribution in [0.4, 0.5) is 5.13 Å². The van der Waals surface area contributed by atoms with Crippen molar-refractivity contribution < 1.29 is 14.4 Å². The van der Waals surface area contributed by atoms with Crippen LogP contribution in [-0.2, 0) is 4.79 Å². The van der Waals surface area contributed by atoms with Gasteiger partial charge in [0.1, 0.15) is 5.69 Å². The van der Waals surface area contributed by atoms with Crippen LogP contribution in [0.1, 0.15) is 46.4 Å². The molecule has 1 spiro atoms. The lowest BCUT2D eigenvalue weighted by molar-refractivity contribution is -0.140. The van der Waals surface area contributed by atoms with Crippen molar-refractivity contribution in [2.24, 2.45) is 23.2 Å². The van der Waals surface area contributed by atoms with Crippen LogP contribution in [0, 0.1) is 23.2 Å². The molecule has 8 nitrogen and oxygen atoms in total. The van der Waals surface area contributed by atoms with Crippen molar-refractivity contribution in [3.8, 4) is 11.4 Å². The lowest BCUT2D eigenvalue weighted by Crippen LogP contribution is -2.69. The molecular formula is C27H25N5O3S. The van der Waals surface area contributed by atoms with E-state index in [1.54, 1.807) is 30.5 Å². The first kappa shape index (κ1) is 21.7. The van der Waals surface area contributed by atoms with Crippen molar-refractivity contribution in [1.29, 1.82) is 0 Å². The number of thiazole rings is 1. The Morgan fingerprint density at radius 3 is 2.50 bits per heavy atom. The highest BCUT2D eigenvalue weighted by Crippen LogP contribution is 2.86. The summed E-state index contributed by atoms with van der Waals surface area (Å²) in [6.45, 7) is -0.0411. The summed E-state index contributed by atoms with van der Waals surface area (Å²) in [4.78, 5) is 46.5. The minimum absolute atomic E-state index is 0.00154. The largest absolute Gasteiger partial charge is 0.349 e. The normalized spacial score (nSPS) is 30.2. The zero-order valence-corrected chi connectivity index (χ0v) is 20.3. The van der Waals surface area contributed by atoms with E-state index in [1.807, 2.05) is 23.6 Å². The van der Waals surface area contributed by atoms with Crippen LogP contribution in [0.25, 0.3) is 11.4 Å². The monoisotopic (exact) mass is 499 g/mol. The molecule has 3 N–H and O–H groups in total. The van der Waals surface area contributed by atoms with E-state index in [2.05, 4.69) is 25.9 Å². The maximum absolute atomic E-state index is 12.6. The third-order valence-corrected chi connectivity index (χ3v) is 9.46. The number of hydrogen-bond acceptors (Lipinski definition) is 6. The summed E-state index contributed by atoms with van der Waals surface area (Å²) in [5, 5.41) is 11.1. The van der Waals surface area contributed by atoms with Crippen molar-refractivity contribution in [3.05, 3.63) is 65.2 Å². The van der Waals surface area contributed by atoms with E-state index >= 15 is 0 Å². The SMILES string of the molecule is O=C(CNC(=O)c1ccc(C(=O)Nc2nc(-c3ccccn3)cs2)cc1)NC12CC3CC4(CC4C1)C32. The number of aromatic nitrogens is 2. The molecule has 4 aliphatic rings. The molecule has 0 radical (unpaired) electrons. The number of pyridine rings is 1. The zero-order chi connectivity index (χ0) is 24.5. The molecule has 5 unspecified atom stereocenters. The number of rotatable bonds is 7. The fourth-order valence-corrected chi connectivity index (χ4v) is 7.99. The number of anilines is 1. The summed E-state index contributed by atoms with van der Waals surface area (Å²) >= 11 is 1.32. The van der Waals surface area contributed by atoms with Gasteiger partial charge >= 0.3 is 0 Å². The van der Waals surface area contributed by atoms with Crippen molar-refractivity contribution >= 4 is 34.2 Å². The second-order valence-electron chi connectivity index (χ2n) is 10.7. The molecule has 4 aliphatic carbocycles. The molecule has 0 aliphatic heterocycles. The van der Waals surface area contributed by atoms with E-state index in [4.69, 9.17) is 0 Å². The second-order valence-corrected chi connectivity index (χ2v) is 11.5. The highest BCUT2D eigenvalue weighted by molar-refractivity contribution is 7.14. The predicted octanol–water partition coefficient (Wildman–Crippen LogP) is 3.49. The molecule has 1 aromatic carbocycles. The standard InChI is InChI=1S/C27H25N5O3S/c33-21(32-27-10-17-9-26(22(17)27)11-18(26)12-27)13-29-23(34)15-4-6-16(7-5-15)24(35)31-25-30-20(14-36-25)19-3-1-2-8-28-19/h1-8,14,17-18,22H,9-13H2,(H,29,34)(H,32,33)(H,30,31,35). The number of carbonyl (C=O) groups is 3. The van der Waals surface area contributed by atoms with Gasteiger partial charge in [-0.05, 0) is 85.3 Å². The van der Waals surface area contributed by atoms with E-state index in [-0.39, 0.29) is 29.8 Å². The molecule has 4 fully saturated rings. The number of carbonyl (C=O) groups excluding carboxylic acids is 3. The van der Waals surface area contributed by atoms with Gasteiger partial charge in [-0.2, -0.15) is 0 Å². The average Bonchev–Trinajstić information content (AvgIpc) is 3.34. The lowest BCUT2D eigenvalue weighted by atomic mass is 9.45. The second kappa shape index (κ2) is 7.70. The quantitative estimate of drug-likeness (QED) is 0.461. The summed E-state index contributed by atoms with van der Waals surface area (Å²) < 4.78 is 0. The van der Waals surface area contributed by atoms with Gasteiger partial charge in [0, 0.05) is 28.2 Å². The van der Waals surface area contributed by atoms with Crippen LogP contribution >= 0.6 is 11.3 Å². The first-order valence-electron chi connectivity index (χ1n) is 12.3. The average molecular weight is 500 g/mol. The number of amides is 3. The minimum Gasteiger partial charge on any atom is -0.349 e. The Bertz CT molecular complexity index is 1390. The lowest BCUT2D eigenvalue weighted by Gasteiger charge is -2.63. The van der Waals surface area contributed by atoms with Gasteiger partial charge in [-0.15, -0.1) is 11.3 Å². The Morgan fingerprint density at radius 1 is 0.944 bits per heavy atom. The molecule has 182 valence electrons. The third kappa shape index (κ3) is 3.29. The molecule has 7 rings (SSSR count). The number of hydrogen-bond donors (Lipinski definition) is 3. The molecule has 5 atom stereocenters. The topological polar surface area (TPSA) is 113 Å². The van der Waals surface area contributed by atoms with Crippen LogP contribution in [-0.4, -0.2) is 39.8 Å². The molecule has 4 saturated carbocycles. The molecule has 2 heterocycles. The molecular weight excluding hydrogens is 474 g/mol. The van der Waals surface area contributed by atoms with E-state index < -0.39 is 0 Å². The van der Waals surface area contributed by atoms with Crippen LogP contribution in [0.3, 0.4) is 0 Å². The third-order valence-electron chi connectivity index (χ3n) is 8.70. The summed E-state index contributed by atoms with van der Waals surface area (Å²) in [6.07, 6.45) is 6.63. The van der Waals surface area contributed by atoms with Gasteiger partial charge in [0.05, 0.1) is 12.2 Å². The van der Waals surface area contributed by atoms with Crippen molar-refractivity contribution in [3.63, 3.8) is 0 Å². The fraction of sp³-hybridized carbons (Fsp3) is 0.370. The Morgan fingerprint density at radius 2 is 1.75 bits per heavy atom. The first-order valence-corrected chi connectivity index (χ1v) is 13.2. The van der Waals surface area contributed by atoms with Gasteiger partial charge in [0.2, 0.25) is 5.91 Å². The fourth-order valence-electron chi connectivity index (χ4n) is 7.29. The van der Waals surface area contributed by atoms with Gasteiger partial charge in [-0.3, -0.25) is 24.7 Å². The molecule has 9 heteroatoms. The van der Waals surface area contributed by atoms with Crippen molar-refractivity contribution in [2.45, 2.75) is 31.2 Å². The predicted molar refractivity (Wildman–Crippen MR) is 134 cm³/mol. The van der Waals surface area contributed by atoms with E-state index in [0.29, 0.717) is 33.3 Å². The molecule has 2 aromatic heterocycles. The summed E-state index contributed by atoms with van der Waals surface area (Å²) in [7, 11) is 0. The summed E-state index contributed by atoms with van der Waals surface area (Å²) in [6, 6.07) is 11.9. The van der Waals surface area contributed by atoms with Crippen LogP contribution < -0.4 is 16.0 Å². The highest BCUT2D eigenvalue weighted by Gasteiger charge is 2.84. The molecule has 0 bridgehead atoms. The summed E-state index contributed by atoms with van der Waals surface area (Å²) in [5.41, 5.74) is 2.80. The van der Waals surface area contributed by atoms with Gasteiger partial charge in [0.15, 0.2) is 5.13 Å². The van der Waals surface area contributed by atoms with E-state index in [9.17, 15) is 14.4 Å². The van der Waals surface area contributed by atoms with Crippen molar-refractivity contribution in [2.75, 3.05) is 11.9 Å². The van der Waals surface area contributed by atoms with Gasteiger partial charge < -0.3 is 10.6 Å². The maximum Gasteiger partial charge on any atom is 0.257 e. The van der Waals surface area contributed by atoms with Crippen molar-refractivity contribution in [1.82, 2.24) is 20.6 Å². The molecule has 3 amide bonds. The number of nitrogens with zero attached hydrogens (tertiary/aromatic N) is 2. The summed E-state index contributed by atoms with van der Waals surface area (Å²) in [5.74, 6) is 1.53. The Labute approximate surface area is 211 Å². The van der Waals surface area contributed by atoms with Gasteiger partial charge in [-0.25, -0.2) is 4.98 Å². The van der Waals surface area contributed by atoms with E-state index in [0.717, 1.165) is 30.4 Å². The smallest absolute Gasteiger partial charge is 0.257 e. The maximum atomic E-state index is 12.6. The molecule has 3 aromatic rings. The van der Waals surface area contributed by atoms with Gasteiger partial charge in [0.25, 0.3) is 11.8 Å². The van der Waals surface area contributed by atoms with Crippen LogP contribution in [0.5, 0.6) is 0 Å².